The number of carbonyl (C=O) groups excluding carboxylic acids is 2. The highest BCUT2D eigenvalue weighted by atomic mass is 19.1. The lowest BCUT2D eigenvalue weighted by molar-refractivity contribution is 0.0600. The summed E-state index contributed by atoms with van der Waals surface area (Å²) in [5.74, 6) is -2.00. The summed E-state index contributed by atoms with van der Waals surface area (Å²) in [6, 6.07) is 13.4. The molecular formula is C28H26F2N2O5. The van der Waals surface area contributed by atoms with Crippen molar-refractivity contribution < 1.29 is 33.0 Å². The Kier molecular flexibility index (Phi) is 7.35. The average molecular weight is 509 g/mol. The molecule has 0 aliphatic carbocycles. The molecule has 0 aliphatic rings. The summed E-state index contributed by atoms with van der Waals surface area (Å²) in [5, 5.41) is 10.2. The van der Waals surface area contributed by atoms with Crippen LogP contribution in [0.3, 0.4) is 0 Å². The van der Waals surface area contributed by atoms with Crippen LogP contribution >= 0.6 is 0 Å². The second kappa shape index (κ2) is 10.5. The van der Waals surface area contributed by atoms with Crippen molar-refractivity contribution in [3.63, 3.8) is 0 Å². The van der Waals surface area contributed by atoms with Gasteiger partial charge in [-0.15, -0.1) is 0 Å². The van der Waals surface area contributed by atoms with Crippen molar-refractivity contribution in [3.05, 3.63) is 101 Å². The molecule has 0 bridgehead atoms. The molecule has 192 valence electrons. The van der Waals surface area contributed by atoms with Gasteiger partial charge in [0, 0.05) is 18.0 Å². The maximum Gasteiger partial charge on any atom is 0.337 e. The summed E-state index contributed by atoms with van der Waals surface area (Å²) < 4.78 is 40.1. The number of hydrogen-bond acceptors (Lipinski definition) is 6. The third kappa shape index (κ3) is 5.08. The maximum atomic E-state index is 14.0. The van der Waals surface area contributed by atoms with Crippen LogP contribution < -0.4 is 4.74 Å². The predicted molar refractivity (Wildman–Crippen MR) is 132 cm³/mol. The number of nitrogens with zero attached hydrogens (tertiary/aromatic N) is 2. The summed E-state index contributed by atoms with van der Waals surface area (Å²) in [6.45, 7) is 2.71. The monoisotopic (exact) mass is 508 g/mol. The zero-order valence-corrected chi connectivity index (χ0v) is 20.6. The molecule has 0 saturated heterocycles. The number of esters is 1. The molecule has 0 amide bonds. The molecule has 0 spiro atoms. The number of methoxy groups -OCH3 is 1. The van der Waals surface area contributed by atoms with Crippen molar-refractivity contribution in [2.45, 2.75) is 32.3 Å². The molecule has 2 heterocycles. The highest BCUT2D eigenvalue weighted by Gasteiger charge is 2.32. The molecule has 4 rings (SSSR count). The molecule has 1 N–H and O–H groups in total. The number of halogens is 2. The summed E-state index contributed by atoms with van der Waals surface area (Å²) >= 11 is 0. The van der Waals surface area contributed by atoms with Gasteiger partial charge >= 0.3 is 5.97 Å². The molecule has 1 atom stereocenters. The SMILES string of the molecule is COC(=O)c1cccc([C@](C)(CO)CC(=O)c2c(C)nc3c(OCc4c(F)cccc4F)cccn23)c1. The van der Waals surface area contributed by atoms with Crippen LogP contribution in [0.4, 0.5) is 8.78 Å². The van der Waals surface area contributed by atoms with Gasteiger partial charge in [0.2, 0.25) is 0 Å². The molecule has 0 radical (unpaired) electrons. The van der Waals surface area contributed by atoms with Crippen LogP contribution in [0.15, 0.2) is 60.8 Å². The highest BCUT2D eigenvalue weighted by molar-refractivity contribution is 5.97. The molecule has 0 saturated carbocycles. The van der Waals surface area contributed by atoms with E-state index >= 15 is 0 Å². The number of carbonyl (C=O) groups is 2. The zero-order valence-electron chi connectivity index (χ0n) is 20.6. The third-order valence-electron chi connectivity index (χ3n) is 6.37. The Balaban J connectivity index is 1.64. The second-order valence-electron chi connectivity index (χ2n) is 8.99. The molecule has 4 aromatic rings. The highest BCUT2D eigenvalue weighted by Crippen LogP contribution is 2.32. The Morgan fingerprint density at radius 2 is 1.78 bits per heavy atom. The lowest BCUT2D eigenvalue weighted by Crippen LogP contribution is -2.31. The van der Waals surface area contributed by atoms with Crippen LogP contribution in [0, 0.1) is 18.6 Å². The smallest absolute Gasteiger partial charge is 0.337 e. The second-order valence-corrected chi connectivity index (χ2v) is 8.99. The number of fused-ring (bicyclic) bond motifs is 1. The number of ether oxygens (including phenoxy) is 2. The number of pyridine rings is 1. The minimum Gasteiger partial charge on any atom is -0.485 e. The van der Waals surface area contributed by atoms with Gasteiger partial charge in [0.15, 0.2) is 17.2 Å². The van der Waals surface area contributed by atoms with Gasteiger partial charge in [-0.25, -0.2) is 18.6 Å². The van der Waals surface area contributed by atoms with E-state index in [1.807, 2.05) is 0 Å². The fourth-order valence-electron chi connectivity index (χ4n) is 4.25. The van der Waals surface area contributed by atoms with E-state index in [1.54, 1.807) is 60.8 Å². The third-order valence-corrected chi connectivity index (χ3v) is 6.37. The first-order valence-corrected chi connectivity index (χ1v) is 11.5. The first kappa shape index (κ1) is 26.0. The van der Waals surface area contributed by atoms with E-state index in [4.69, 9.17) is 9.47 Å². The van der Waals surface area contributed by atoms with Crippen molar-refractivity contribution >= 4 is 17.4 Å². The van der Waals surface area contributed by atoms with E-state index in [1.165, 1.54) is 13.2 Å². The largest absolute Gasteiger partial charge is 0.485 e. The minimum atomic E-state index is -0.992. The molecule has 7 nitrogen and oxygen atoms in total. The fraction of sp³-hybridized carbons (Fsp3) is 0.250. The Morgan fingerprint density at radius 3 is 2.46 bits per heavy atom. The van der Waals surface area contributed by atoms with Crippen LogP contribution in [0.5, 0.6) is 5.75 Å². The van der Waals surface area contributed by atoms with E-state index in [9.17, 15) is 23.5 Å². The normalized spacial score (nSPS) is 12.8. The molecule has 2 aromatic carbocycles. The standard InChI is InChI=1S/C28H26F2N2O5/c1-17-25(23(34)14-28(2,16-33)19-8-4-7-18(13-19)27(35)36-3)32-12-6-11-24(26(32)31-17)37-15-20-21(29)9-5-10-22(20)30/h4-13,33H,14-16H2,1-3H3/t28-/m0/s1. The van der Waals surface area contributed by atoms with E-state index in [-0.39, 0.29) is 36.7 Å². The van der Waals surface area contributed by atoms with E-state index in [2.05, 4.69) is 4.98 Å². The molecule has 0 fully saturated rings. The molecule has 37 heavy (non-hydrogen) atoms. The molecule has 2 aromatic heterocycles. The number of rotatable bonds is 9. The van der Waals surface area contributed by atoms with Gasteiger partial charge in [0.05, 0.1) is 30.5 Å². The molecular weight excluding hydrogens is 482 g/mol. The van der Waals surface area contributed by atoms with Crippen molar-refractivity contribution in [3.8, 4) is 5.75 Å². The van der Waals surface area contributed by atoms with E-state index in [0.29, 0.717) is 28.2 Å². The Hall–Kier alpha value is -4.11. The number of benzene rings is 2. The summed E-state index contributed by atoms with van der Waals surface area (Å²) in [5.41, 5.74) is 0.757. The van der Waals surface area contributed by atoms with Crippen molar-refractivity contribution in [1.82, 2.24) is 9.38 Å². The first-order chi connectivity index (χ1) is 17.7. The lowest BCUT2D eigenvalue weighted by Gasteiger charge is -2.27. The van der Waals surface area contributed by atoms with Crippen LogP contribution in [0.25, 0.3) is 5.65 Å². The number of aliphatic hydroxyl groups is 1. The topological polar surface area (TPSA) is 90.1 Å². The van der Waals surface area contributed by atoms with Crippen LogP contribution in [0.2, 0.25) is 0 Å². The number of hydrogen-bond donors (Lipinski definition) is 1. The van der Waals surface area contributed by atoms with Crippen molar-refractivity contribution in [2.24, 2.45) is 0 Å². The van der Waals surface area contributed by atoms with Crippen molar-refractivity contribution in [2.75, 3.05) is 13.7 Å². The lowest BCUT2D eigenvalue weighted by atomic mass is 9.78. The Bertz CT molecular complexity index is 1460. The summed E-state index contributed by atoms with van der Waals surface area (Å²) in [6.07, 6.45) is 1.57. The zero-order chi connectivity index (χ0) is 26.7. The Labute approximate surface area is 212 Å². The van der Waals surface area contributed by atoms with Gasteiger partial charge < -0.3 is 14.6 Å². The average Bonchev–Trinajstić information content (AvgIpc) is 3.24. The van der Waals surface area contributed by atoms with Gasteiger partial charge in [-0.2, -0.15) is 0 Å². The molecule has 0 unspecified atom stereocenters. The van der Waals surface area contributed by atoms with Crippen LogP contribution in [-0.4, -0.2) is 40.0 Å². The van der Waals surface area contributed by atoms with Gasteiger partial charge in [-0.05, 0) is 48.9 Å². The Morgan fingerprint density at radius 1 is 1.08 bits per heavy atom. The van der Waals surface area contributed by atoms with Gasteiger partial charge in [-0.1, -0.05) is 25.1 Å². The number of aryl methyl sites for hydroxylation is 1. The number of Topliss-reactive ketones (excluding diaryl/α,β-unsaturated/α-hetero) is 1. The summed E-state index contributed by atoms with van der Waals surface area (Å²) in [7, 11) is 1.28. The van der Waals surface area contributed by atoms with E-state index < -0.39 is 23.0 Å². The number of ketones is 1. The number of imidazole rings is 1. The first-order valence-electron chi connectivity index (χ1n) is 11.5. The minimum absolute atomic E-state index is 0.0751. The molecule has 0 aliphatic heterocycles. The number of aromatic nitrogens is 2. The summed E-state index contributed by atoms with van der Waals surface area (Å²) in [4.78, 5) is 30.0. The number of aliphatic hydroxyl groups excluding tert-OH is 1. The molecule has 9 heteroatoms. The van der Waals surface area contributed by atoms with Crippen LogP contribution in [-0.2, 0) is 16.8 Å². The van der Waals surface area contributed by atoms with E-state index in [0.717, 1.165) is 12.1 Å². The maximum absolute atomic E-state index is 14.0. The van der Waals surface area contributed by atoms with Gasteiger partial charge in [-0.3, -0.25) is 9.20 Å². The van der Waals surface area contributed by atoms with Crippen LogP contribution in [0.1, 0.15) is 51.0 Å². The fourth-order valence-corrected chi connectivity index (χ4v) is 4.25. The predicted octanol–water partition coefficient (Wildman–Crippen LogP) is 4.81. The van der Waals surface area contributed by atoms with Gasteiger partial charge in [0.1, 0.15) is 23.9 Å². The van der Waals surface area contributed by atoms with Crippen molar-refractivity contribution in [1.29, 1.82) is 0 Å². The van der Waals surface area contributed by atoms with Gasteiger partial charge in [0.25, 0.3) is 0 Å². The quantitative estimate of drug-likeness (QED) is 0.258.